The summed E-state index contributed by atoms with van der Waals surface area (Å²) in [5.41, 5.74) is 0. The molecule has 70 valence electrons. The summed E-state index contributed by atoms with van der Waals surface area (Å²) in [6.45, 7) is 2.23. The molecular formula is C9H16O3. The number of esters is 1. The number of ether oxygens (including phenoxy) is 1. The summed E-state index contributed by atoms with van der Waals surface area (Å²) >= 11 is 0. The molecule has 3 heteroatoms. The van der Waals surface area contributed by atoms with E-state index in [9.17, 15) is 4.79 Å². The molecule has 3 unspecified atom stereocenters. The Kier molecular flexibility index (Phi) is 3.09. The Bertz CT molecular complexity index is 167. The van der Waals surface area contributed by atoms with Crippen molar-refractivity contribution in [1.29, 1.82) is 0 Å². The number of aliphatic hydroxyl groups excluding tert-OH is 1. The summed E-state index contributed by atoms with van der Waals surface area (Å²) in [5, 5.41) is 8.90. The molecule has 0 saturated heterocycles. The monoisotopic (exact) mass is 172 g/mol. The third-order valence-electron chi connectivity index (χ3n) is 2.74. The minimum absolute atomic E-state index is 0.00662. The van der Waals surface area contributed by atoms with E-state index < -0.39 is 0 Å². The summed E-state index contributed by atoms with van der Waals surface area (Å²) in [6.07, 6.45) is 1.72. The zero-order chi connectivity index (χ0) is 9.14. The summed E-state index contributed by atoms with van der Waals surface area (Å²) in [7, 11) is 1.42. The van der Waals surface area contributed by atoms with E-state index in [-0.39, 0.29) is 18.5 Å². The van der Waals surface area contributed by atoms with Crippen molar-refractivity contribution < 1.29 is 14.6 Å². The average molecular weight is 172 g/mol. The lowest BCUT2D eigenvalue weighted by Crippen LogP contribution is -2.18. The first-order valence-corrected chi connectivity index (χ1v) is 4.37. The van der Waals surface area contributed by atoms with Crippen LogP contribution in [0.4, 0.5) is 0 Å². The number of hydrogen-bond acceptors (Lipinski definition) is 3. The van der Waals surface area contributed by atoms with Crippen LogP contribution in [0.25, 0.3) is 0 Å². The highest BCUT2D eigenvalue weighted by Gasteiger charge is 2.36. The fourth-order valence-electron chi connectivity index (χ4n) is 2.01. The Morgan fingerprint density at radius 2 is 2.25 bits per heavy atom. The molecule has 12 heavy (non-hydrogen) atoms. The minimum atomic E-state index is -0.126. The van der Waals surface area contributed by atoms with Crippen molar-refractivity contribution in [3.63, 3.8) is 0 Å². The average Bonchev–Trinajstić information content (AvgIpc) is 2.45. The smallest absolute Gasteiger partial charge is 0.308 e. The van der Waals surface area contributed by atoms with Crippen molar-refractivity contribution >= 4 is 5.97 Å². The minimum Gasteiger partial charge on any atom is -0.469 e. The van der Waals surface area contributed by atoms with Crippen LogP contribution >= 0.6 is 0 Å². The van der Waals surface area contributed by atoms with Crippen molar-refractivity contribution in [3.05, 3.63) is 0 Å². The molecule has 0 aromatic carbocycles. The summed E-state index contributed by atoms with van der Waals surface area (Å²) in [5.74, 6) is 0.532. The quantitative estimate of drug-likeness (QED) is 0.627. The summed E-state index contributed by atoms with van der Waals surface area (Å²) in [6, 6.07) is 0. The molecular weight excluding hydrogens is 156 g/mol. The number of hydrogen-bond donors (Lipinski definition) is 1. The topological polar surface area (TPSA) is 46.5 Å². The van der Waals surface area contributed by atoms with Crippen LogP contribution in [0, 0.1) is 17.8 Å². The molecule has 1 aliphatic carbocycles. The van der Waals surface area contributed by atoms with E-state index in [1.54, 1.807) is 0 Å². The van der Waals surface area contributed by atoms with Crippen molar-refractivity contribution in [1.82, 2.24) is 0 Å². The van der Waals surface area contributed by atoms with Gasteiger partial charge in [0.15, 0.2) is 0 Å². The number of methoxy groups -OCH3 is 1. The fraction of sp³-hybridized carbons (Fsp3) is 0.889. The Labute approximate surface area is 72.7 Å². The van der Waals surface area contributed by atoms with Gasteiger partial charge in [0.05, 0.1) is 13.0 Å². The number of carbonyl (C=O) groups excluding carboxylic acids is 1. The van der Waals surface area contributed by atoms with Crippen LogP contribution in [0.2, 0.25) is 0 Å². The zero-order valence-electron chi connectivity index (χ0n) is 7.62. The van der Waals surface area contributed by atoms with Gasteiger partial charge in [0.2, 0.25) is 0 Å². The Balaban J connectivity index is 2.51. The lowest BCUT2D eigenvalue weighted by Gasteiger charge is -2.11. The molecule has 0 spiro atoms. The van der Waals surface area contributed by atoms with E-state index in [1.165, 1.54) is 7.11 Å². The van der Waals surface area contributed by atoms with Gasteiger partial charge in [-0.1, -0.05) is 6.92 Å². The lowest BCUT2D eigenvalue weighted by molar-refractivity contribution is -0.146. The molecule has 0 aromatic rings. The maximum atomic E-state index is 11.2. The highest BCUT2D eigenvalue weighted by molar-refractivity contribution is 5.72. The van der Waals surface area contributed by atoms with Gasteiger partial charge < -0.3 is 9.84 Å². The molecule has 1 N–H and O–H groups in total. The van der Waals surface area contributed by atoms with E-state index in [0.29, 0.717) is 11.8 Å². The van der Waals surface area contributed by atoms with Gasteiger partial charge in [-0.2, -0.15) is 0 Å². The third kappa shape index (κ3) is 1.78. The van der Waals surface area contributed by atoms with Crippen LogP contribution in [-0.4, -0.2) is 24.8 Å². The van der Waals surface area contributed by atoms with Crippen LogP contribution in [0.15, 0.2) is 0 Å². The molecule has 3 nitrogen and oxygen atoms in total. The van der Waals surface area contributed by atoms with Gasteiger partial charge in [-0.3, -0.25) is 4.79 Å². The lowest BCUT2D eigenvalue weighted by atomic mass is 9.99. The predicted octanol–water partition coefficient (Wildman–Crippen LogP) is 0.814. The molecule has 0 aromatic heterocycles. The third-order valence-corrected chi connectivity index (χ3v) is 2.74. The Morgan fingerprint density at radius 3 is 2.67 bits per heavy atom. The largest absolute Gasteiger partial charge is 0.469 e. The molecule has 1 aliphatic rings. The second kappa shape index (κ2) is 3.90. The van der Waals surface area contributed by atoms with Crippen LogP contribution in [0.3, 0.4) is 0 Å². The number of aliphatic hydroxyl groups is 1. The number of carbonyl (C=O) groups is 1. The van der Waals surface area contributed by atoms with Crippen LogP contribution in [-0.2, 0) is 9.53 Å². The molecule has 1 rings (SSSR count). The summed E-state index contributed by atoms with van der Waals surface area (Å²) < 4.78 is 4.68. The predicted molar refractivity (Wildman–Crippen MR) is 44.5 cm³/mol. The normalized spacial score (nSPS) is 35.1. The molecule has 0 aliphatic heterocycles. The van der Waals surface area contributed by atoms with E-state index >= 15 is 0 Å². The first-order chi connectivity index (χ1) is 5.69. The number of rotatable bonds is 2. The highest BCUT2D eigenvalue weighted by atomic mass is 16.5. The molecule has 0 heterocycles. The van der Waals surface area contributed by atoms with Crippen molar-refractivity contribution in [2.75, 3.05) is 13.7 Å². The van der Waals surface area contributed by atoms with Crippen LogP contribution in [0.1, 0.15) is 19.8 Å². The standard InChI is InChI=1S/C9H16O3/c1-6-3-7(5-10)4-8(6)9(11)12-2/h6-8,10H,3-5H2,1-2H3. The first kappa shape index (κ1) is 9.52. The molecule has 0 bridgehead atoms. The maximum Gasteiger partial charge on any atom is 0.308 e. The first-order valence-electron chi connectivity index (χ1n) is 4.37. The van der Waals surface area contributed by atoms with Crippen LogP contribution in [0.5, 0.6) is 0 Å². The molecule has 1 fully saturated rings. The second-order valence-electron chi connectivity index (χ2n) is 3.63. The van der Waals surface area contributed by atoms with Gasteiger partial charge in [0.1, 0.15) is 0 Å². The second-order valence-corrected chi connectivity index (χ2v) is 3.63. The van der Waals surface area contributed by atoms with Crippen molar-refractivity contribution in [2.24, 2.45) is 17.8 Å². The van der Waals surface area contributed by atoms with Gasteiger partial charge in [-0.25, -0.2) is 0 Å². The van der Waals surface area contributed by atoms with E-state index in [0.717, 1.165) is 12.8 Å². The van der Waals surface area contributed by atoms with Crippen molar-refractivity contribution in [3.8, 4) is 0 Å². The van der Waals surface area contributed by atoms with Gasteiger partial charge in [0, 0.05) is 6.61 Å². The molecule has 0 radical (unpaired) electrons. The zero-order valence-corrected chi connectivity index (χ0v) is 7.62. The molecule has 1 saturated carbocycles. The Hall–Kier alpha value is -0.570. The fourth-order valence-corrected chi connectivity index (χ4v) is 2.01. The van der Waals surface area contributed by atoms with Crippen LogP contribution < -0.4 is 0 Å². The molecule has 3 atom stereocenters. The van der Waals surface area contributed by atoms with Gasteiger partial charge in [-0.15, -0.1) is 0 Å². The highest BCUT2D eigenvalue weighted by Crippen LogP contribution is 2.36. The Morgan fingerprint density at radius 1 is 1.58 bits per heavy atom. The maximum absolute atomic E-state index is 11.2. The van der Waals surface area contributed by atoms with E-state index in [2.05, 4.69) is 4.74 Å². The van der Waals surface area contributed by atoms with E-state index in [4.69, 9.17) is 5.11 Å². The SMILES string of the molecule is COC(=O)C1CC(CO)CC1C. The van der Waals surface area contributed by atoms with E-state index in [1.807, 2.05) is 6.92 Å². The van der Waals surface area contributed by atoms with Gasteiger partial charge in [-0.05, 0) is 24.7 Å². The molecule has 0 amide bonds. The summed E-state index contributed by atoms with van der Waals surface area (Å²) in [4.78, 5) is 11.2. The van der Waals surface area contributed by atoms with Gasteiger partial charge in [0.25, 0.3) is 0 Å². The van der Waals surface area contributed by atoms with Gasteiger partial charge >= 0.3 is 5.97 Å². The van der Waals surface area contributed by atoms with Crippen molar-refractivity contribution in [2.45, 2.75) is 19.8 Å².